The van der Waals surface area contributed by atoms with Gasteiger partial charge in [-0.1, -0.05) is 0 Å². The van der Waals surface area contributed by atoms with E-state index in [9.17, 15) is 3.89 Å². The van der Waals surface area contributed by atoms with Crippen molar-refractivity contribution in [3.8, 4) is 0 Å². The molecule has 0 radical (unpaired) electrons. The molecule has 0 aromatic heterocycles. The lowest BCUT2D eigenvalue weighted by Crippen LogP contribution is -2.30. The molecule has 0 spiro atoms. The Morgan fingerprint density at radius 2 is 2.50 bits per heavy atom. The average molecular weight is 135 g/mol. The lowest BCUT2D eigenvalue weighted by atomic mass is 10.2. The van der Waals surface area contributed by atoms with E-state index in [0.717, 1.165) is 25.9 Å². The Labute approximate surface area is 53.3 Å². The fourth-order valence-corrected chi connectivity index (χ4v) is 1.33. The maximum absolute atomic E-state index is 11.8. The van der Waals surface area contributed by atoms with Gasteiger partial charge in [0.1, 0.15) is 0 Å². The quantitative estimate of drug-likeness (QED) is 0.582. The molecule has 1 N–H and O–H groups in total. The molecule has 0 amide bonds. The first-order valence-corrected chi connectivity index (χ1v) is 3.69. The Morgan fingerprint density at radius 1 is 1.62 bits per heavy atom. The van der Waals surface area contributed by atoms with Crippen LogP contribution in [0.5, 0.6) is 0 Å². The van der Waals surface area contributed by atoms with Gasteiger partial charge in [-0.2, -0.15) is 3.89 Å². The summed E-state index contributed by atoms with van der Waals surface area (Å²) in [6.07, 6.45) is 2.16. The van der Waals surface area contributed by atoms with Crippen LogP contribution in [-0.2, 0) is 0 Å². The third-order valence-electron chi connectivity index (χ3n) is 1.38. The number of rotatable bonds is 1. The zero-order valence-corrected chi connectivity index (χ0v) is 5.51. The molecule has 1 heterocycles. The molecule has 8 heavy (non-hydrogen) atoms. The summed E-state index contributed by atoms with van der Waals surface area (Å²) in [5.74, 6) is 0. The van der Waals surface area contributed by atoms with E-state index >= 15 is 0 Å². The molecule has 1 fully saturated rings. The van der Waals surface area contributed by atoms with E-state index in [1.54, 1.807) is 0 Å². The molecule has 1 atom stereocenters. The Balaban J connectivity index is 2.13. The first kappa shape index (κ1) is 6.36. The van der Waals surface area contributed by atoms with Crippen molar-refractivity contribution in [1.82, 2.24) is 5.32 Å². The summed E-state index contributed by atoms with van der Waals surface area (Å²) in [6.45, 7) is 1.91. The smallest absolute Gasteiger partial charge is 0.0490 e. The molecule has 0 bridgehead atoms. The van der Waals surface area contributed by atoms with Crippen molar-refractivity contribution in [3.05, 3.63) is 0 Å². The molecule has 48 valence electrons. The molecule has 1 nitrogen and oxygen atoms in total. The molecular formula is C5H10FNS. The third-order valence-corrected chi connectivity index (χ3v) is 2.03. The van der Waals surface area contributed by atoms with E-state index in [0.29, 0.717) is 12.1 Å². The van der Waals surface area contributed by atoms with Crippen LogP contribution in [0, 0.1) is 0 Å². The second-order valence-electron chi connectivity index (χ2n) is 2.06. The summed E-state index contributed by atoms with van der Waals surface area (Å²) >= 11 is 0.483. The lowest BCUT2D eigenvalue weighted by Gasteiger charge is -2.17. The van der Waals surface area contributed by atoms with Crippen molar-refractivity contribution in [3.63, 3.8) is 0 Å². The fourth-order valence-electron chi connectivity index (χ4n) is 0.896. The van der Waals surface area contributed by atoms with Crippen LogP contribution in [0.25, 0.3) is 0 Å². The van der Waals surface area contributed by atoms with Crippen molar-refractivity contribution >= 4 is 12.1 Å². The zero-order chi connectivity index (χ0) is 5.82. The second-order valence-corrected chi connectivity index (χ2v) is 2.90. The van der Waals surface area contributed by atoms with E-state index in [1.807, 2.05) is 0 Å². The van der Waals surface area contributed by atoms with Gasteiger partial charge in [0.25, 0.3) is 0 Å². The summed E-state index contributed by atoms with van der Waals surface area (Å²) in [6, 6.07) is 0. The Hall–Kier alpha value is 0.240. The maximum Gasteiger partial charge on any atom is 0.0490 e. The largest absolute Gasteiger partial charge is 0.316 e. The number of hydrogen-bond acceptors (Lipinski definition) is 2. The summed E-state index contributed by atoms with van der Waals surface area (Å²) in [4.78, 5) is 0. The lowest BCUT2D eigenvalue weighted by molar-refractivity contribution is 0.526. The second kappa shape index (κ2) is 3.30. The third kappa shape index (κ3) is 1.63. The molecule has 0 saturated carbocycles. The van der Waals surface area contributed by atoms with Gasteiger partial charge in [0.2, 0.25) is 0 Å². The highest BCUT2D eigenvalue weighted by molar-refractivity contribution is 7.94. The summed E-state index contributed by atoms with van der Waals surface area (Å²) < 4.78 is 11.8. The van der Waals surface area contributed by atoms with Crippen LogP contribution in [0.4, 0.5) is 3.89 Å². The number of piperidine rings is 1. The molecule has 1 aliphatic rings. The van der Waals surface area contributed by atoms with E-state index in [-0.39, 0.29) is 5.25 Å². The van der Waals surface area contributed by atoms with E-state index in [2.05, 4.69) is 5.32 Å². The molecule has 0 aromatic rings. The predicted octanol–water partition coefficient (Wildman–Crippen LogP) is 1.36. The zero-order valence-electron chi connectivity index (χ0n) is 4.69. The Morgan fingerprint density at radius 3 is 2.88 bits per heavy atom. The first-order valence-electron chi connectivity index (χ1n) is 2.91. The number of halogens is 1. The van der Waals surface area contributed by atoms with Crippen molar-refractivity contribution < 1.29 is 3.89 Å². The van der Waals surface area contributed by atoms with Crippen molar-refractivity contribution in [2.75, 3.05) is 13.1 Å². The predicted molar refractivity (Wildman–Crippen MR) is 34.6 cm³/mol. The van der Waals surface area contributed by atoms with Crippen molar-refractivity contribution in [2.24, 2.45) is 0 Å². The van der Waals surface area contributed by atoms with Gasteiger partial charge in [-0.25, -0.2) is 0 Å². The van der Waals surface area contributed by atoms with Crippen LogP contribution < -0.4 is 5.32 Å². The normalized spacial score (nSPS) is 30.4. The monoisotopic (exact) mass is 135 g/mol. The number of hydrogen-bond donors (Lipinski definition) is 1. The van der Waals surface area contributed by atoms with Gasteiger partial charge < -0.3 is 5.32 Å². The van der Waals surface area contributed by atoms with Crippen LogP contribution >= 0.6 is 12.1 Å². The van der Waals surface area contributed by atoms with Crippen molar-refractivity contribution in [1.29, 1.82) is 0 Å². The molecule has 0 aliphatic carbocycles. The molecule has 3 heteroatoms. The standard InChI is InChI=1S/C5H10FNS/c6-8-5-2-1-3-7-4-5/h5,7H,1-4H2. The molecule has 1 saturated heterocycles. The molecule has 1 rings (SSSR count). The van der Waals surface area contributed by atoms with Gasteiger partial charge in [0.15, 0.2) is 0 Å². The first-order chi connectivity index (χ1) is 3.93. The summed E-state index contributed by atoms with van der Waals surface area (Å²) in [7, 11) is 0. The average Bonchev–Trinajstić information content (AvgIpc) is 1.90. The highest BCUT2D eigenvalue weighted by atomic mass is 32.2. The van der Waals surface area contributed by atoms with Crippen LogP contribution in [0.2, 0.25) is 0 Å². The summed E-state index contributed by atoms with van der Waals surface area (Å²) in [5, 5.41) is 3.35. The molecular weight excluding hydrogens is 125 g/mol. The van der Waals surface area contributed by atoms with Gasteiger partial charge in [-0.3, -0.25) is 0 Å². The van der Waals surface area contributed by atoms with Gasteiger partial charge in [0, 0.05) is 23.9 Å². The van der Waals surface area contributed by atoms with E-state index in [1.165, 1.54) is 0 Å². The van der Waals surface area contributed by atoms with E-state index in [4.69, 9.17) is 0 Å². The minimum Gasteiger partial charge on any atom is -0.316 e. The van der Waals surface area contributed by atoms with Crippen LogP contribution in [-0.4, -0.2) is 18.3 Å². The topological polar surface area (TPSA) is 12.0 Å². The molecule has 1 unspecified atom stereocenters. The fraction of sp³-hybridized carbons (Fsp3) is 1.00. The van der Waals surface area contributed by atoms with Gasteiger partial charge in [-0.15, -0.1) is 0 Å². The summed E-state index contributed by atoms with van der Waals surface area (Å²) in [5.41, 5.74) is 0. The van der Waals surface area contributed by atoms with Crippen molar-refractivity contribution in [2.45, 2.75) is 18.1 Å². The van der Waals surface area contributed by atoms with Gasteiger partial charge in [0.05, 0.1) is 0 Å². The SMILES string of the molecule is FSC1CCCNC1. The highest BCUT2D eigenvalue weighted by Gasteiger charge is 2.12. The number of nitrogens with one attached hydrogen (secondary N) is 1. The minimum absolute atomic E-state index is 0.226. The van der Waals surface area contributed by atoms with Gasteiger partial charge in [-0.05, 0) is 19.4 Å². The van der Waals surface area contributed by atoms with Crippen LogP contribution in [0.3, 0.4) is 0 Å². The Bertz CT molecular complexity index is 63.4. The van der Waals surface area contributed by atoms with E-state index < -0.39 is 0 Å². The maximum atomic E-state index is 11.8. The highest BCUT2D eigenvalue weighted by Crippen LogP contribution is 2.18. The Kier molecular flexibility index (Phi) is 2.63. The van der Waals surface area contributed by atoms with Crippen LogP contribution in [0.15, 0.2) is 0 Å². The van der Waals surface area contributed by atoms with Crippen LogP contribution in [0.1, 0.15) is 12.8 Å². The molecule has 1 aliphatic heterocycles. The molecule has 0 aromatic carbocycles. The minimum atomic E-state index is 0.226. The van der Waals surface area contributed by atoms with Gasteiger partial charge >= 0.3 is 0 Å².